The van der Waals surface area contributed by atoms with Crippen LogP contribution in [0.2, 0.25) is 0 Å². The lowest BCUT2D eigenvalue weighted by atomic mass is 10.2. The summed E-state index contributed by atoms with van der Waals surface area (Å²) in [5.74, 6) is 0. The molecule has 0 amide bonds. The van der Waals surface area contributed by atoms with E-state index in [-0.39, 0.29) is 18.1 Å². The van der Waals surface area contributed by atoms with Crippen LogP contribution in [0.25, 0.3) is 0 Å². The summed E-state index contributed by atoms with van der Waals surface area (Å²) < 4.78 is 33.4. The van der Waals surface area contributed by atoms with Crippen LogP contribution < -0.4 is 0 Å². The highest BCUT2D eigenvalue weighted by Gasteiger charge is 2.14. The van der Waals surface area contributed by atoms with Gasteiger partial charge in [0.25, 0.3) is 10.1 Å². The molecule has 0 radical (unpaired) electrons. The minimum absolute atomic E-state index is 0.00659. The van der Waals surface area contributed by atoms with Gasteiger partial charge in [0.2, 0.25) is 0 Å². The van der Waals surface area contributed by atoms with E-state index >= 15 is 0 Å². The average molecular weight is 271 g/mol. The maximum absolute atomic E-state index is 11.7. The minimum atomic E-state index is -3.69. The number of nitrogens with zero attached hydrogens (tertiary/aromatic N) is 1. The minimum Gasteiger partial charge on any atom is -0.377 e. The van der Waals surface area contributed by atoms with Crippen molar-refractivity contribution in [2.45, 2.75) is 11.8 Å². The second-order valence-corrected chi connectivity index (χ2v) is 5.26. The smallest absolute Gasteiger partial charge is 0.297 e. The number of aliphatic imine (C=N–C) groups is 1. The van der Waals surface area contributed by atoms with E-state index in [1.165, 1.54) is 12.1 Å². The fourth-order valence-electron chi connectivity index (χ4n) is 1.21. The predicted octanol–water partition coefficient (Wildman–Crippen LogP) is 1.42. The van der Waals surface area contributed by atoms with Gasteiger partial charge in [0.05, 0.1) is 31.3 Å². The zero-order valence-corrected chi connectivity index (χ0v) is 11.1. The van der Waals surface area contributed by atoms with Crippen molar-refractivity contribution in [2.75, 3.05) is 26.4 Å². The Balaban J connectivity index is 2.40. The Kier molecular flexibility index (Phi) is 5.97. The summed E-state index contributed by atoms with van der Waals surface area (Å²) in [5, 5.41) is 0. The lowest BCUT2D eigenvalue weighted by molar-refractivity contribution is 0.108. The summed E-state index contributed by atoms with van der Waals surface area (Å²) in [5.41, 5.74) is 0.995. The number of aryl methyl sites for hydroxylation is 1. The van der Waals surface area contributed by atoms with Crippen LogP contribution >= 0.6 is 0 Å². The van der Waals surface area contributed by atoms with E-state index in [2.05, 4.69) is 11.7 Å². The number of ether oxygens (including phenoxy) is 1. The van der Waals surface area contributed by atoms with Gasteiger partial charge >= 0.3 is 0 Å². The lowest BCUT2D eigenvalue weighted by Gasteiger charge is -2.06. The van der Waals surface area contributed by atoms with Crippen LogP contribution in [0.3, 0.4) is 0 Å². The number of hydrogen-bond acceptors (Lipinski definition) is 5. The first-order valence-corrected chi connectivity index (χ1v) is 6.93. The Morgan fingerprint density at radius 3 is 2.44 bits per heavy atom. The van der Waals surface area contributed by atoms with Crippen molar-refractivity contribution in [3.8, 4) is 0 Å². The van der Waals surface area contributed by atoms with Gasteiger partial charge in [-0.05, 0) is 25.8 Å². The zero-order valence-electron chi connectivity index (χ0n) is 10.3. The third-order valence-electron chi connectivity index (χ3n) is 2.17. The van der Waals surface area contributed by atoms with Crippen LogP contribution in [0.5, 0.6) is 0 Å². The molecule has 0 unspecified atom stereocenters. The standard InChI is InChI=1S/C12H17NO4S/c1-11-3-5-12(6-4-11)18(14,15)17-10-9-16-8-7-13-2/h3-6H,2,7-10H2,1H3. The molecule has 1 aromatic carbocycles. The van der Waals surface area contributed by atoms with Gasteiger partial charge in [0.15, 0.2) is 0 Å². The molecule has 18 heavy (non-hydrogen) atoms. The molecule has 0 heterocycles. The third-order valence-corrected chi connectivity index (χ3v) is 3.50. The largest absolute Gasteiger partial charge is 0.377 e. The summed E-state index contributed by atoms with van der Waals surface area (Å²) in [6.45, 7) is 6.30. The van der Waals surface area contributed by atoms with Crippen molar-refractivity contribution in [3.63, 3.8) is 0 Å². The third kappa shape index (κ3) is 4.95. The van der Waals surface area contributed by atoms with Gasteiger partial charge in [-0.2, -0.15) is 8.42 Å². The molecule has 0 fully saturated rings. The molecule has 0 saturated carbocycles. The maximum Gasteiger partial charge on any atom is 0.297 e. The van der Waals surface area contributed by atoms with Crippen molar-refractivity contribution in [3.05, 3.63) is 29.8 Å². The van der Waals surface area contributed by atoms with E-state index in [9.17, 15) is 8.42 Å². The highest BCUT2D eigenvalue weighted by Crippen LogP contribution is 2.12. The van der Waals surface area contributed by atoms with Crippen molar-refractivity contribution in [1.82, 2.24) is 0 Å². The van der Waals surface area contributed by atoms with Crippen LogP contribution in [0, 0.1) is 6.92 Å². The number of benzene rings is 1. The maximum atomic E-state index is 11.7. The Hall–Kier alpha value is -1.24. The molecule has 0 aliphatic carbocycles. The average Bonchev–Trinajstić information content (AvgIpc) is 2.34. The van der Waals surface area contributed by atoms with Crippen molar-refractivity contribution < 1.29 is 17.3 Å². The van der Waals surface area contributed by atoms with Gasteiger partial charge in [-0.1, -0.05) is 17.7 Å². The van der Waals surface area contributed by atoms with Gasteiger partial charge in [0, 0.05) is 0 Å². The molecule has 100 valence electrons. The Morgan fingerprint density at radius 2 is 1.83 bits per heavy atom. The van der Waals surface area contributed by atoms with E-state index in [0.717, 1.165) is 5.56 Å². The quantitative estimate of drug-likeness (QED) is 0.407. The first kappa shape index (κ1) is 14.8. The van der Waals surface area contributed by atoms with E-state index in [0.29, 0.717) is 13.2 Å². The van der Waals surface area contributed by atoms with Gasteiger partial charge in [-0.25, -0.2) is 0 Å². The molecular formula is C12H17NO4S. The summed E-state index contributed by atoms with van der Waals surface area (Å²) in [4.78, 5) is 3.76. The molecular weight excluding hydrogens is 254 g/mol. The summed E-state index contributed by atoms with van der Waals surface area (Å²) >= 11 is 0. The van der Waals surface area contributed by atoms with E-state index in [4.69, 9.17) is 8.92 Å². The van der Waals surface area contributed by atoms with Gasteiger partial charge in [-0.15, -0.1) is 0 Å². The van der Waals surface area contributed by atoms with Gasteiger partial charge in [-0.3, -0.25) is 9.18 Å². The highest BCUT2D eigenvalue weighted by molar-refractivity contribution is 7.86. The van der Waals surface area contributed by atoms with E-state index in [1.807, 2.05) is 6.92 Å². The first-order chi connectivity index (χ1) is 8.56. The molecule has 0 atom stereocenters. The van der Waals surface area contributed by atoms with Gasteiger partial charge in [0.1, 0.15) is 0 Å². The molecule has 1 rings (SSSR count). The molecule has 0 spiro atoms. The predicted molar refractivity (Wildman–Crippen MR) is 69.6 cm³/mol. The Morgan fingerprint density at radius 1 is 1.17 bits per heavy atom. The lowest BCUT2D eigenvalue weighted by Crippen LogP contribution is -2.12. The monoisotopic (exact) mass is 271 g/mol. The molecule has 1 aromatic rings. The van der Waals surface area contributed by atoms with Crippen LogP contribution in [0.1, 0.15) is 5.56 Å². The summed E-state index contributed by atoms with van der Waals surface area (Å²) in [7, 11) is -3.69. The fourth-order valence-corrected chi connectivity index (χ4v) is 2.10. The molecule has 6 heteroatoms. The number of hydrogen-bond donors (Lipinski definition) is 0. The topological polar surface area (TPSA) is 65.0 Å². The molecule has 0 bridgehead atoms. The SMILES string of the molecule is C=NCCOCCOS(=O)(=O)c1ccc(C)cc1. The highest BCUT2D eigenvalue weighted by atomic mass is 32.2. The fraction of sp³-hybridized carbons (Fsp3) is 0.417. The van der Waals surface area contributed by atoms with Crippen LogP contribution in [0.4, 0.5) is 0 Å². The van der Waals surface area contributed by atoms with Crippen LogP contribution in [-0.2, 0) is 19.0 Å². The second kappa shape index (κ2) is 7.25. The van der Waals surface area contributed by atoms with E-state index in [1.54, 1.807) is 12.1 Å². The van der Waals surface area contributed by atoms with Gasteiger partial charge < -0.3 is 4.74 Å². The molecule has 0 aliphatic heterocycles. The summed E-state index contributed by atoms with van der Waals surface area (Å²) in [6.07, 6.45) is 0. The molecule has 0 aromatic heterocycles. The van der Waals surface area contributed by atoms with Crippen molar-refractivity contribution in [1.29, 1.82) is 0 Å². The number of rotatable bonds is 8. The first-order valence-electron chi connectivity index (χ1n) is 5.52. The van der Waals surface area contributed by atoms with Crippen LogP contribution in [0.15, 0.2) is 34.2 Å². The summed E-state index contributed by atoms with van der Waals surface area (Å²) in [6, 6.07) is 6.49. The molecule has 0 aliphatic rings. The van der Waals surface area contributed by atoms with E-state index < -0.39 is 10.1 Å². The molecule has 0 N–H and O–H groups in total. The zero-order chi connectivity index (χ0) is 13.4. The van der Waals surface area contributed by atoms with Crippen molar-refractivity contribution >= 4 is 16.8 Å². The normalized spacial score (nSPS) is 11.4. The second-order valence-electron chi connectivity index (χ2n) is 3.65. The van der Waals surface area contributed by atoms with Crippen molar-refractivity contribution in [2.24, 2.45) is 4.99 Å². The Bertz CT molecular complexity index is 467. The van der Waals surface area contributed by atoms with Crippen LogP contribution in [-0.4, -0.2) is 41.5 Å². The molecule has 0 saturated heterocycles. The molecule has 5 nitrogen and oxygen atoms in total. The Labute approximate surface area is 108 Å².